The second-order valence-corrected chi connectivity index (χ2v) is 17.5. The Bertz CT molecular complexity index is 2010. The molecule has 6 atom stereocenters. The Kier molecular flexibility index (Phi) is 15.7. The molecule has 0 spiro atoms. The van der Waals surface area contributed by atoms with Crippen molar-refractivity contribution in [3.8, 4) is 17.2 Å². The highest BCUT2D eigenvalue weighted by atomic mass is 19.1. The van der Waals surface area contributed by atoms with E-state index in [1.165, 1.54) is 6.07 Å². The van der Waals surface area contributed by atoms with Crippen LogP contribution in [-0.2, 0) is 27.4 Å². The summed E-state index contributed by atoms with van der Waals surface area (Å²) in [4.78, 5) is 23.1. The average molecular weight is 841 g/mol. The van der Waals surface area contributed by atoms with E-state index in [1.54, 1.807) is 31.4 Å². The number of amides is 1. The Morgan fingerprint density at radius 1 is 1.02 bits per heavy atom. The Balaban J connectivity index is 1.57. The largest absolute Gasteiger partial charge is 0.497 e. The van der Waals surface area contributed by atoms with Gasteiger partial charge in [0.05, 0.1) is 31.8 Å². The van der Waals surface area contributed by atoms with E-state index in [0.29, 0.717) is 55.0 Å². The van der Waals surface area contributed by atoms with E-state index in [-0.39, 0.29) is 62.3 Å². The molecule has 1 heterocycles. The van der Waals surface area contributed by atoms with Crippen molar-refractivity contribution in [3.05, 3.63) is 114 Å². The van der Waals surface area contributed by atoms with Gasteiger partial charge >= 0.3 is 0 Å². The lowest BCUT2D eigenvalue weighted by Crippen LogP contribution is -2.70. The first kappa shape index (κ1) is 45.8. The summed E-state index contributed by atoms with van der Waals surface area (Å²) in [5.41, 5.74) is 3.32. The maximum Gasteiger partial charge on any atom is 0.239 e. The Hall–Kier alpha value is -4.71. The molecule has 0 radical (unpaired) electrons. The fraction of sp³-hybridized carbons (Fsp3) is 0.520. The molecule has 1 aliphatic heterocycles. The summed E-state index contributed by atoms with van der Waals surface area (Å²) < 4.78 is 41.1. The van der Waals surface area contributed by atoms with E-state index in [0.717, 1.165) is 48.1 Å². The molecule has 3 aliphatic rings. The number of aliphatic hydroxyl groups excluding tert-OH is 2. The van der Waals surface area contributed by atoms with Crippen molar-refractivity contribution in [1.29, 1.82) is 0 Å². The third kappa shape index (κ3) is 10.7. The highest BCUT2D eigenvalue weighted by Crippen LogP contribution is 2.62. The number of unbranched alkanes of at least 4 members (excludes halogenated alkanes) is 2. The number of fused-ring (bicyclic) bond motifs is 2. The molecule has 6 rings (SSSR count). The molecule has 0 aromatic heterocycles. The predicted molar refractivity (Wildman–Crippen MR) is 235 cm³/mol. The predicted octanol–water partition coefficient (Wildman–Crippen LogP) is 9.33. The van der Waals surface area contributed by atoms with Gasteiger partial charge in [-0.15, -0.1) is 6.58 Å². The molecule has 1 saturated carbocycles. The minimum atomic E-state index is -1.38. The van der Waals surface area contributed by atoms with Crippen LogP contribution in [0.5, 0.6) is 17.2 Å². The number of aliphatic hydroxyl groups is 2. The summed E-state index contributed by atoms with van der Waals surface area (Å²) in [5, 5.41) is 24.8. The van der Waals surface area contributed by atoms with Crippen LogP contribution in [0.15, 0.2) is 96.2 Å². The topological polar surface area (TPSA) is 119 Å². The van der Waals surface area contributed by atoms with Gasteiger partial charge in [-0.3, -0.25) is 4.79 Å². The number of oxime groups is 1. The van der Waals surface area contributed by atoms with Crippen LogP contribution in [0.25, 0.3) is 0 Å². The quantitative estimate of drug-likeness (QED) is 0.0619. The number of carbonyl (C=O) groups is 1. The van der Waals surface area contributed by atoms with E-state index in [2.05, 4.69) is 19.6 Å². The summed E-state index contributed by atoms with van der Waals surface area (Å²) in [6.45, 7) is 12.8. The van der Waals surface area contributed by atoms with Crippen LogP contribution in [-0.4, -0.2) is 77.6 Å². The molecule has 10 nitrogen and oxygen atoms in total. The van der Waals surface area contributed by atoms with Crippen molar-refractivity contribution < 1.29 is 43.2 Å². The van der Waals surface area contributed by atoms with Gasteiger partial charge in [0.25, 0.3) is 0 Å². The summed E-state index contributed by atoms with van der Waals surface area (Å²) in [5.74, 6) is -0.470. The molecule has 3 aromatic rings. The number of halogens is 1. The number of hydrogen-bond donors (Lipinski definition) is 2. The lowest BCUT2D eigenvalue weighted by atomic mass is 9.55. The molecule has 0 saturated heterocycles. The Morgan fingerprint density at radius 3 is 2.49 bits per heavy atom. The van der Waals surface area contributed by atoms with Gasteiger partial charge in [-0.25, -0.2) is 4.39 Å². The first-order valence-corrected chi connectivity index (χ1v) is 22.0. The Labute approximate surface area is 361 Å². The number of methoxy groups -OCH3 is 1. The summed E-state index contributed by atoms with van der Waals surface area (Å²) in [7, 11) is 1.62. The highest BCUT2D eigenvalue weighted by molar-refractivity contribution is 6.03. The van der Waals surface area contributed by atoms with Gasteiger partial charge in [-0.1, -0.05) is 67.4 Å². The van der Waals surface area contributed by atoms with Gasteiger partial charge in [-0.2, -0.15) is 0 Å². The lowest BCUT2D eigenvalue weighted by molar-refractivity contribution is -0.257. The molecule has 0 unspecified atom stereocenters. The summed E-state index contributed by atoms with van der Waals surface area (Å²) in [6.07, 6.45) is 9.77. The molecule has 2 aliphatic carbocycles. The molecule has 3 aromatic carbocycles. The minimum Gasteiger partial charge on any atom is -0.497 e. The van der Waals surface area contributed by atoms with E-state index < -0.39 is 23.3 Å². The first-order chi connectivity index (χ1) is 29.5. The molecule has 1 amide bonds. The van der Waals surface area contributed by atoms with E-state index >= 15 is 0 Å². The van der Waals surface area contributed by atoms with Crippen LogP contribution in [0.4, 0.5) is 4.39 Å². The monoisotopic (exact) mass is 840 g/mol. The first-order valence-electron chi connectivity index (χ1n) is 22.0. The molecule has 61 heavy (non-hydrogen) atoms. The molecule has 330 valence electrons. The van der Waals surface area contributed by atoms with Crippen LogP contribution in [0.3, 0.4) is 0 Å². The fourth-order valence-electron chi connectivity index (χ4n) is 9.46. The minimum absolute atomic E-state index is 0.0470. The van der Waals surface area contributed by atoms with E-state index in [9.17, 15) is 19.4 Å². The average Bonchev–Trinajstić information content (AvgIpc) is 3.24. The van der Waals surface area contributed by atoms with Gasteiger partial charge in [0.1, 0.15) is 41.3 Å². The third-order valence-corrected chi connectivity index (χ3v) is 12.1. The summed E-state index contributed by atoms with van der Waals surface area (Å²) in [6, 6.07) is 19.3. The Morgan fingerprint density at radius 2 is 1.79 bits per heavy atom. The smallest absolute Gasteiger partial charge is 0.239 e. The van der Waals surface area contributed by atoms with Crippen LogP contribution in [0, 0.1) is 23.6 Å². The summed E-state index contributed by atoms with van der Waals surface area (Å²) >= 11 is 0. The standard InChI is InChI=1S/C50H65FN2O8/c1-7-24-53(46(56)29-34-16-15-19-37(28-34)57-6)45-32-43(52-61-49(3,4)5)40-30-35(17-11-13-25-54)39(20-12-14-26-55)47-41-31-38(58-33-36-18-9-10-21-42(36)51)22-23-44(41)60-50(45,48(40)47)59-27-8-2/h8-10,15-16,18-19,21-23,28,30-31,35,39,45,47-48,54-55H,2,7,11-14,17,20,24-27,29,32-33H2,1,3-6H3/t35-,39+,45-,47+,48+,50+/m0/s1. The molecular weight excluding hydrogens is 776 g/mol. The van der Waals surface area contributed by atoms with Crippen molar-refractivity contribution >= 4 is 11.6 Å². The van der Waals surface area contributed by atoms with Crippen molar-refractivity contribution in [3.63, 3.8) is 0 Å². The second-order valence-electron chi connectivity index (χ2n) is 17.5. The normalized spacial score (nSPS) is 23.6. The maximum atomic E-state index is 14.9. The zero-order valence-electron chi connectivity index (χ0n) is 36.6. The fourth-order valence-corrected chi connectivity index (χ4v) is 9.46. The highest BCUT2D eigenvalue weighted by Gasteiger charge is 2.65. The van der Waals surface area contributed by atoms with E-state index in [4.69, 9.17) is 28.9 Å². The van der Waals surface area contributed by atoms with Gasteiger partial charge in [0.15, 0.2) is 0 Å². The SMILES string of the molecule is C=CCO[C@@]12Oc3ccc(OCc4ccccc4F)cc3[C@H]3[C@H](CCCCO)[C@@H](CCCCO)C=C(C(=NOC(C)(C)C)C[C@@H]1N(CCC)C(=O)Cc1cccc(OC)c1)[C@H]32. The van der Waals surface area contributed by atoms with Crippen LogP contribution in [0.2, 0.25) is 0 Å². The molecule has 1 fully saturated rings. The van der Waals surface area contributed by atoms with Crippen molar-refractivity contribution in [2.75, 3.05) is 33.5 Å². The number of hydrogen-bond acceptors (Lipinski definition) is 9. The zero-order valence-corrected chi connectivity index (χ0v) is 36.6. The van der Waals surface area contributed by atoms with Crippen LogP contribution in [0.1, 0.15) is 102 Å². The van der Waals surface area contributed by atoms with Crippen LogP contribution >= 0.6 is 0 Å². The zero-order chi connectivity index (χ0) is 43.6. The number of nitrogens with zero attached hydrogens (tertiary/aromatic N) is 2. The lowest BCUT2D eigenvalue weighted by Gasteiger charge is -2.60. The molecular formula is C50H65FN2O8. The van der Waals surface area contributed by atoms with Crippen molar-refractivity contribution in [2.45, 2.75) is 115 Å². The maximum absolute atomic E-state index is 14.9. The molecule has 2 N–H and O–H groups in total. The van der Waals surface area contributed by atoms with Gasteiger partial charge in [-0.05, 0) is 112 Å². The second kappa shape index (κ2) is 20.9. The van der Waals surface area contributed by atoms with Gasteiger partial charge < -0.3 is 38.9 Å². The molecule has 11 heteroatoms. The van der Waals surface area contributed by atoms with Gasteiger partial charge in [0.2, 0.25) is 11.7 Å². The molecule has 0 bridgehead atoms. The van der Waals surface area contributed by atoms with Crippen LogP contribution < -0.4 is 14.2 Å². The third-order valence-electron chi connectivity index (χ3n) is 12.1. The number of rotatable bonds is 21. The van der Waals surface area contributed by atoms with E-state index in [1.807, 2.05) is 68.1 Å². The number of carbonyl (C=O) groups excluding carboxylic acids is 1. The van der Waals surface area contributed by atoms with Crippen molar-refractivity contribution in [2.24, 2.45) is 22.9 Å². The number of ether oxygens (including phenoxy) is 4. The van der Waals surface area contributed by atoms with Crippen molar-refractivity contribution in [1.82, 2.24) is 4.90 Å². The van der Waals surface area contributed by atoms with Gasteiger partial charge in [0, 0.05) is 43.2 Å². The number of allylic oxidation sites excluding steroid dienone is 1. The number of benzene rings is 3.